The number of hydrogen-bond donors (Lipinski definition) is 1. The SMILES string of the molecule is O=Cc1cc(C=O)cc(OCCCCCCO)c1. The summed E-state index contributed by atoms with van der Waals surface area (Å²) in [6.07, 6.45) is 5.07. The third-order valence-electron chi connectivity index (χ3n) is 2.54. The minimum Gasteiger partial charge on any atom is -0.494 e. The molecule has 0 unspecified atom stereocenters. The van der Waals surface area contributed by atoms with E-state index in [9.17, 15) is 9.59 Å². The average molecular weight is 250 g/mol. The molecule has 1 N–H and O–H groups in total. The van der Waals surface area contributed by atoms with Crippen molar-refractivity contribution in [3.8, 4) is 5.75 Å². The van der Waals surface area contributed by atoms with Gasteiger partial charge in [0.25, 0.3) is 0 Å². The molecule has 98 valence electrons. The summed E-state index contributed by atoms with van der Waals surface area (Å²) in [5.41, 5.74) is 0.879. The van der Waals surface area contributed by atoms with Gasteiger partial charge in [0, 0.05) is 17.7 Å². The first-order valence-electron chi connectivity index (χ1n) is 6.09. The normalized spacial score (nSPS) is 10.1. The minimum atomic E-state index is 0.227. The van der Waals surface area contributed by atoms with Crippen molar-refractivity contribution < 1.29 is 19.4 Å². The number of aliphatic hydroxyl groups is 1. The highest BCUT2D eigenvalue weighted by Gasteiger charge is 2.01. The number of aliphatic hydroxyl groups excluding tert-OH is 1. The Hall–Kier alpha value is -1.68. The molecule has 0 bridgehead atoms. The van der Waals surface area contributed by atoms with Crippen molar-refractivity contribution in [3.05, 3.63) is 29.3 Å². The van der Waals surface area contributed by atoms with Gasteiger partial charge in [-0.2, -0.15) is 0 Å². The highest BCUT2D eigenvalue weighted by molar-refractivity contribution is 5.83. The topological polar surface area (TPSA) is 63.6 Å². The van der Waals surface area contributed by atoms with Gasteiger partial charge < -0.3 is 9.84 Å². The van der Waals surface area contributed by atoms with Crippen LogP contribution >= 0.6 is 0 Å². The predicted octanol–water partition coefficient (Wildman–Crippen LogP) is 2.24. The molecule has 0 saturated carbocycles. The van der Waals surface area contributed by atoms with Crippen molar-refractivity contribution >= 4 is 12.6 Å². The summed E-state index contributed by atoms with van der Waals surface area (Å²) in [5, 5.41) is 8.62. The van der Waals surface area contributed by atoms with Gasteiger partial charge in [0.05, 0.1) is 6.61 Å². The van der Waals surface area contributed by atoms with Crippen LogP contribution in [-0.2, 0) is 0 Å². The maximum Gasteiger partial charge on any atom is 0.150 e. The molecule has 4 nitrogen and oxygen atoms in total. The maximum atomic E-state index is 10.7. The van der Waals surface area contributed by atoms with Gasteiger partial charge in [-0.25, -0.2) is 0 Å². The van der Waals surface area contributed by atoms with Gasteiger partial charge in [0.2, 0.25) is 0 Å². The van der Waals surface area contributed by atoms with Crippen LogP contribution in [0.25, 0.3) is 0 Å². The Morgan fingerprint density at radius 2 is 1.56 bits per heavy atom. The number of unbranched alkanes of at least 4 members (excludes halogenated alkanes) is 3. The predicted molar refractivity (Wildman–Crippen MR) is 68.3 cm³/mol. The standard InChI is InChI=1S/C14H18O4/c15-5-3-1-2-4-6-18-14-8-12(10-16)7-13(9-14)11-17/h7-11,15H,1-6H2. The summed E-state index contributed by atoms with van der Waals surface area (Å²) in [6, 6.07) is 4.76. The largest absolute Gasteiger partial charge is 0.494 e. The maximum absolute atomic E-state index is 10.7. The Bertz CT molecular complexity index is 361. The van der Waals surface area contributed by atoms with E-state index in [2.05, 4.69) is 0 Å². The van der Waals surface area contributed by atoms with Crippen LogP contribution in [0.1, 0.15) is 46.4 Å². The van der Waals surface area contributed by atoms with E-state index in [1.54, 1.807) is 12.1 Å². The highest BCUT2D eigenvalue weighted by Crippen LogP contribution is 2.16. The molecule has 0 heterocycles. The van der Waals surface area contributed by atoms with Crippen molar-refractivity contribution in [3.63, 3.8) is 0 Å². The van der Waals surface area contributed by atoms with Crippen molar-refractivity contribution in [2.45, 2.75) is 25.7 Å². The first kappa shape index (κ1) is 14.4. The summed E-state index contributed by atoms with van der Waals surface area (Å²) >= 11 is 0. The quantitative estimate of drug-likeness (QED) is 0.539. The molecule has 0 aromatic heterocycles. The lowest BCUT2D eigenvalue weighted by molar-refractivity contribution is 0.112. The van der Waals surface area contributed by atoms with E-state index in [0.717, 1.165) is 25.7 Å². The monoisotopic (exact) mass is 250 g/mol. The van der Waals surface area contributed by atoms with Gasteiger partial charge in [-0.3, -0.25) is 9.59 Å². The van der Waals surface area contributed by atoms with Crippen LogP contribution in [0.3, 0.4) is 0 Å². The number of rotatable bonds is 9. The molecule has 18 heavy (non-hydrogen) atoms. The lowest BCUT2D eigenvalue weighted by Crippen LogP contribution is -1.99. The zero-order valence-electron chi connectivity index (χ0n) is 10.3. The second kappa shape index (κ2) is 8.42. The number of carbonyl (C=O) groups is 2. The second-order valence-electron chi connectivity index (χ2n) is 4.06. The highest BCUT2D eigenvalue weighted by atomic mass is 16.5. The molecule has 0 aliphatic carbocycles. The molecule has 4 heteroatoms. The van der Waals surface area contributed by atoms with E-state index in [-0.39, 0.29) is 6.61 Å². The first-order chi connectivity index (χ1) is 8.80. The van der Waals surface area contributed by atoms with Gasteiger partial charge >= 0.3 is 0 Å². The van der Waals surface area contributed by atoms with E-state index >= 15 is 0 Å². The molecule has 0 fully saturated rings. The van der Waals surface area contributed by atoms with Crippen molar-refractivity contribution in [1.82, 2.24) is 0 Å². The minimum absolute atomic E-state index is 0.227. The Labute approximate surface area is 107 Å². The van der Waals surface area contributed by atoms with Crippen LogP contribution in [0.5, 0.6) is 5.75 Å². The zero-order valence-corrected chi connectivity index (χ0v) is 10.3. The van der Waals surface area contributed by atoms with Gasteiger partial charge in [0.1, 0.15) is 18.3 Å². The Balaban J connectivity index is 2.41. The molecular formula is C14H18O4. The Kier molecular flexibility index (Phi) is 6.72. The van der Waals surface area contributed by atoms with Crippen LogP contribution in [0.2, 0.25) is 0 Å². The van der Waals surface area contributed by atoms with Crippen LogP contribution in [-0.4, -0.2) is 30.9 Å². The lowest BCUT2D eigenvalue weighted by atomic mass is 10.1. The lowest BCUT2D eigenvalue weighted by Gasteiger charge is -2.07. The third-order valence-corrected chi connectivity index (χ3v) is 2.54. The van der Waals surface area contributed by atoms with Crippen LogP contribution in [0.15, 0.2) is 18.2 Å². The number of ether oxygens (including phenoxy) is 1. The van der Waals surface area contributed by atoms with E-state index in [1.165, 1.54) is 6.07 Å². The van der Waals surface area contributed by atoms with Crippen molar-refractivity contribution in [2.75, 3.05) is 13.2 Å². The third kappa shape index (κ3) is 5.10. The van der Waals surface area contributed by atoms with E-state index < -0.39 is 0 Å². The van der Waals surface area contributed by atoms with Gasteiger partial charge in [-0.15, -0.1) is 0 Å². The summed E-state index contributed by atoms with van der Waals surface area (Å²) in [5.74, 6) is 0.545. The first-order valence-corrected chi connectivity index (χ1v) is 6.09. The van der Waals surface area contributed by atoms with Crippen molar-refractivity contribution in [1.29, 1.82) is 0 Å². The van der Waals surface area contributed by atoms with Crippen LogP contribution in [0, 0.1) is 0 Å². The van der Waals surface area contributed by atoms with Gasteiger partial charge in [-0.05, 0) is 37.5 Å². The zero-order chi connectivity index (χ0) is 13.2. The Morgan fingerprint density at radius 1 is 0.944 bits per heavy atom. The molecule has 1 aromatic carbocycles. The van der Waals surface area contributed by atoms with E-state index in [4.69, 9.17) is 9.84 Å². The fraction of sp³-hybridized carbons (Fsp3) is 0.429. The summed E-state index contributed by atoms with van der Waals surface area (Å²) in [6.45, 7) is 0.775. The molecule has 0 aliphatic rings. The number of hydrogen-bond acceptors (Lipinski definition) is 4. The molecular weight excluding hydrogens is 232 g/mol. The van der Waals surface area contributed by atoms with Gasteiger partial charge in [-0.1, -0.05) is 6.42 Å². The summed E-state index contributed by atoms with van der Waals surface area (Å²) in [4.78, 5) is 21.4. The average Bonchev–Trinajstić information content (AvgIpc) is 2.42. The molecule has 0 saturated heterocycles. The fourth-order valence-corrected chi connectivity index (χ4v) is 1.62. The second-order valence-corrected chi connectivity index (χ2v) is 4.06. The summed E-state index contributed by atoms with van der Waals surface area (Å²) < 4.78 is 5.49. The van der Waals surface area contributed by atoms with E-state index in [1.807, 2.05) is 0 Å². The van der Waals surface area contributed by atoms with Crippen molar-refractivity contribution in [2.24, 2.45) is 0 Å². The number of benzene rings is 1. The molecule has 0 amide bonds. The molecule has 1 aromatic rings. The van der Waals surface area contributed by atoms with Crippen LogP contribution in [0.4, 0.5) is 0 Å². The molecule has 0 aliphatic heterocycles. The fourth-order valence-electron chi connectivity index (χ4n) is 1.62. The molecule has 1 rings (SSSR count). The molecule has 0 spiro atoms. The van der Waals surface area contributed by atoms with E-state index in [0.29, 0.717) is 36.1 Å². The summed E-state index contributed by atoms with van der Waals surface area (Å²) in [7, 11) is 0. The molecule has 0 radical (unpaired) electrons. The number of aldehydes is 2. The molecule has 0 atom stereocenters. The Morgan fingerprint density at radius 3 is 2.11 bits per heavy atom. The van der Waals surface area contributed by atoms with Gasteiger partial charge in [0.15, 0.2) is 0 Å². The van der Waals surface area contributed by atoms with Crippen LogP contribution < -0.4 is 4.74 Å². The smallest absolute Gasteiger partial charge is 0.150 e. The number of carbonyl (C=O) groups excluding carboxylic acids is 2.